The number of nitrogens with one attached hydrogen (secondary N) is 1. The van der Waals surface area contributed by atoms with Crippen molar-refractivity contribution in [3.63, 3.8) is 0 Å². The molecule has 2 heterocycles. The van der Waals surface area contributed by atoms with E-state index in [1.54, 1.807) is 20.1 Å². The van der Waals surface area contributed by atoms with Crippen LogP contribution < -0.4 is 5.69 Å². The average molecular weight is 301 g/mol. The first-order valence-corrected chi connectivity index (χ1v) is 6.10. The smallest absolute Gasteiger partial charge is 0.349 e. The van der Waals surface area contributed by atoms with Crippen LogP contribution in [0.25, 0.3) is 5.65 Å². The van der Waals surface area contributed by atoms with Crippen LogP contribution in [0.4, 0.5) is 0 Å². The lowest BCUT2D eigenvalue weighted by atomic mass is 10.2. The number of halogens is 1. The molecule has 0 bridgehead atoms. The predicted octanol–water partition coefficient (Wildman–Crippen LogP) is 0.678. The summed E-state index contributed by atoms with van der Waals surface area (Å²) in [5.41, 5.74) is 1.21. The van der Waals surface area contributed by atoms with Gasteiger partial charge in [-0.25, -0.2) is 19.3 Å². The van der Waals surface area contributed by atoms with Gasteiger partial charge in [0.1, 0.15) is 5.82 Å². The number of fused-ring (bicyclic) bond motifs is 1. The number of aromatic amines is 1. The molecule has 1 N–H and O–H groups in total. The number of methoxy groups -OCH3 is 1. The van der Waals surface area contributed by atoms with E-state index < -0.39 is 0 Å². The second kappa shape index (κ2) is 4.97. The third kappa shape index (κ3) is 2.55. The Bertz CT molecular complexity index is 577. The van der Waals surface area contributed by atoms with E-state index in [0.29, 0.717) is 18.1 Å². The quantitative estimate of drug-likeness (QED) is 0.843. The monoisotopic (exact) mass is 300 g/mol. The Balaban J connectivity index is 2.34. The minimum atomic E-state index is -0.260. The van der Waals surface area contributed by atoms with Gasteiger partial charge in [-0.2, -0.15) is 5.10 Å². The molecule has 2 rings (SSSR count). The van der Waals surface area contributed by atoms with Crippen LogP contribution in [-0.4, -0.2) is 38.1 Å². The van der Waals surface area contributed by atoms with Crippen LogP contribution in [0, 0.1) is 6.92 Å². The van der Waals surface area contributed by atoms with E-state index >= 15 is 0 Å². The van der Waals surface area contributed by atoms with Gasteiger partial charge in [-0.3, -0.25) is 0 Å². The summed E-state index contributed by atoms with van der Waals surface area (Å²) in [5, 5.41) is 6.34. The Labute approximate surface area is 106 Å². The zero-order chi connectivity index (χ0) is 12.4. The number of alkyl halides is 1. The largest absolute Gasteiger partial charge is 0.384 e. The van der Waals surface area contributed by atoms with Gasteiger partial charge < -0.3 is 4.74 Å². The van der Waals surface area contributed by atoms with Crippen LogP contribution in [0.15, 0.2) is 10.9 Å². The molecule has 1 unspecified atom stereocenters. The molecule has 92 valence electrons. The zero-order valence-electron chi connectivity index (χ0n) is 9.61. The number of aryl methyl sites for hydroxylation is 1. The van der Waals surface area contributed by atoms with Crippen LogP contribution >= 0.6 is 15.9 Å². The van der Waals surface area contributed by atoms with Crippen molar-refractivity contribution in [2.45, 2.75) is 18.2 Å². The molecule has 0 radical (unpaired) electrons. The van der Waals surface area contributed by atoms with Crippen molar-refractivity contribution in [1.82, 2.24) is 19.6 Å². The molecule has 2 aromatic rings. The van der Waals surface area contributed by atoms with Gasteiger partial charge in [0.05, 0.1) is 6.61 Å². The van der Waals surface area contributed by atoms with Crippen LogP contribution in [-0.2, 0) is 11.2 Å². The molecule has 0 aromatic carbocycles. The van der Waals surface area contributed by atoms with Crippen molar-refractivity contribution < 1.29 is 4.74 Å². The number of hydrogen-bond donors (Lipinski definition) is 1. The standard InChI is InChI=1S/C10H13BrN4O2/c1-6-12-8(3-7(11)5-17-2)4-9-13-14-10(16)15(6)9/h4,7H,3,5H2,1-2H3,(H,14,16). The Morgan fingerprint density at radius 1 is 1.65 bits per heavy atom. The third-order valence-corrected chi connectivity index (χ3v) is 2.99. The normalized spacial score (nSPS) is 13.1. The molecule has 0 spiro atoms. The van der Waals surface area contributed by atoms with Crippen molar-refractivity contribution in [2.24, 2.45) is 0 Å². The van der Waals surface area contributed by atoms with Gasteiger partial charge in [0.15, 0.2) is 5.65 Å². The first kappa shape index (κ1) is 12.3. The molecule has 7 heteroatoms. The lowest BCUT2D eigenvalue weighted by Gasteiger charge is -2.08. The van der Waals surface area contributed by atoms with E-state index in [4.69, 9.17) is 4.74 Å². The van der Waals surface area contributed by atoms with Crippen LogP contribution in [0.2, 0.25) is 0 Å². The maximum Gasteiger partial charge on any atom is 0.349 e. The highest BCUT2D eigenvalue weighted by molar-refractivity contribution is 9.09. The highest BCUT2D eigenvalue weighted by Crippen LogP contribution is 2.10. The summed E-state index contributed by atoms with van der Waals surface area (Å²) in [7, 11) is 1.66. The van der Waals surface area contributed by atoms with E-state index in [0.717, 1.165) is 12.1 Å². The van der Waals surface area contributed by atoms with E-state index in [1.165, 1.54) is 4.40 Å². The van der Waals surface area contributed by atoms with Gasteiger partial charge in [-0.05, 0) is 6.92 Å². The lowest BCUT2D eigenvalue weighted by molar-refractivity contribution is 0.200. The number of H-pyrrole nitrogens is 1. The first-order chi connectivity index (χ1) is 8.11. The molecule has 0 aliphatic carbocycles. The number of ether oxygens (including phenoxy) is 1. The Kier molecular flexibility index (Phi) is 3.58. The topological polar surface area (TPSA) is 72.3 Å². The van der Waals surface area contributed by atoms with Crippen molar-refractivity contribution in [3.8, 4) is 0 Å². The third-order valence-electron chi connectivity index (χ3n) is 2.40. The molecule has 0 aliphatic rings. The Morgan fingerprint density at radius 2 is 2.41 bits per heavy atom. The fraction of sp³-hybridized carbons (Fsp3) is 0.500. The summed E-state index contributed by atoms with van der Waals surface area (Å²) in [4.78, 5) is 16.0. The average Bonchev–Trinajstić information content (AvgIpc) is 2.60. The lowest BCUT2D eigenvalue weighted by Crippen LogP contribution is -2.16. The number of nitrogens with zero attached hydrogens (tertiary/aromatic N) is 3. The van der Waals surface area contributed by atoms with Gasteiger partial charge in [0, 0.05) is 30.1 Å². The summed E-state index contributed by atoms with van der Waals surface area (Å²) in [6.07, 6.45) is 0.728. The van der Waals surface area contributed by atoms with Gasteiger partial charge >= 0.3 is 5.69 Å². The Morgan fingerprint density at radius 3 is 3.12 bits per heavy atom. The van der Waals surface area contributed by atoms with Crippen molar-refractivity contribution >= 4 is 21.6 Å². The highest BCUT2D eigenvalue weighted by atomic mass is 79.9. The SMILES string of the molecule is COCC(Br)Cc1cc2n[nH]c(=O)n2c(C)n1. The van der Waals surface area contributed by atoms with E-state index in [1.807, 2.05) is 0 Å². The van der Waals surface area contributed by atoms with Gasteiger partial charge in [-0.15, -0.1) is 0 Å². The number of rotatable bonds is 4. The highest BCUT2D eigenvalue weighted by Gasteiger charge is 2.10. The summed E-state index contributed by atoms with van der Waals surface area (Å²) >= 11 is 3.51. The molecule has 17 heavy (non-hydrogen) atoms. The predicted molar refractivity (Wildman–Crippen MR) is 66.6 cm³/mol. The van der Waals surface area contributed by atoms with Crippen molar-refractivity contribution in [2.75, 3.05) is 13.7 Å². The second-order valence-electron chi connectivity index (χ2n) is 3.77. The minimum absolute atomic E-state index is 0.201. The first-order valence-electron chi connectivity index (χ1n) is 5.18. The van der Waals surface area contributed by atoms with Gasteiger partial charge in [-0.1, -0.05) is 15.9 Å². The summed E-state index contributed by atoms with van der Waals surface area (Å²) < 4.78 is 6.49. The molecular weight excluding hydrogens is 288 g/mol. The molecule has 0 aliphatic heterocycles. The van der Waals surface area contributed by atoms with Gasteiger partial charge in [0.25, 0.3) is 0 Å². The van der Waals surface area contributed by atoms with E-state index in [9.17, 15) is 4.79 Å². The van der Waals surface area contributed by atoms with Crippen LogP contribution in [0.3, 0.4) is 0 Å². The fourth-order valence-corrected chi connectivity index (χ4v) is 2.33. The maximum atomic E-state index is 11.4. The minimum Gasteiger partial charge on any atom is -0.384 e. The molecular formula is C10H13BrN4O2. The molecule has 0 fully saturated rings. The second-order valence-corrected chi connectivity index (χ2v) is 5.07. The molecule has 1 atom stereocenters. The number of aromatic nitrogens is 4. The molecule has 0 saturated carbocycles. The van der Waals surface area contributed by atoms with Crippen LogP contribution in [0.1, 0.15) is 11.5 Å². The summed E-state index contributed by atoms with van der Waals surface area (Å²) in [6.45, 7) is 2.40. The van der Waals surface area contributed by atoms with Gasteiger partial charge in [0.2, 0.25) is 0 Å². The molecule has 0 amide bonds. The maximum absolute atomic E-state index is 11.4. The summed E-state index contributed by atoms with van der Waals surface area (Å²) in [5.74, 6) is 0.633. The Hall–Kier alpha value is -1.21. The summed E-state index contributed by atoms with van der Waals surface area (Å²) in [6, 6.07) is 1.80. The zero-order valence-corrected chi connectivity index (χ0v) is 11.2. The van der Waals surface area contributed by atoms with E-state index in [2.05, 4.69) is 31.1 Å². The van der Waals surface area contributed by atoms with Crippen molar-refractivity contribution in [1.29, 1.82) is 0 Å². The fourth-order valence-electron chi connectivity index (χ4n) is 1.73. The number of hydrogen-bond acceptors (Lipinski definition) is 4. The van der Waals surface area contributed by atoms with E-state index in [-0.39, 0.29) is 10.5 Å². The molecule has 6 nitrogen and oxygen atoms in total. The molecule has 0 saturated heterocycles. The molecule has 2 aromatic heterocycles. The van der Waals surface area contributed by atoms with Crippen molar-refractivity contribution in [3.05, 3.63) is 28.1 Å². The van der Waals surface area contributed by atoms with Crippen LogP contribution in [0.5, 0.6) is 0 Å².